The van der Waals surface area contributed by atoms with Gasteiger partial charge in [0.05, 0.1) is 23.1 Å². The first kappa shape index (κ1) is 17.4. The second-order valence-electron chi connectivity index (χ2n) is 5.22. The van der Waals surface area contributed by atoms with Gasteiger partial charge in [-0.1, -0.05) is 0 Å². The number of ether oxygens (including phenoxy) is 1. The monoisotopic (exact) mass is 371 g/mol. The fourth-order valence-corrected chi connectivity index (χ4v) is 3.20. The van der Waals surface area contributed by atoms with Crippen LogP contribution in [0.15, 0.2) is 47.6 Å². The minimum atomic E-state index is -0.481. The number of phenols is 1. The standard InChI is InChI=1S/C17H13N3O5S/c1-25-14-4-2-10(6-13(14)21)9-18-19-17(22)16-8-11-7-12(20(23)24)3-5-15(11)26-16/h2-9,21H,1H3,(H,19,22). The summed E-state index contributed by atoms with van der Waals surface area (Å²) in [5, 5.41) is 25.0. The van der Waals surface area contributed by atoms with E-state index in [9.17, 15) is 20.0 Å². The van der Waals surface area contributed by atoms with Crippen LogP contribution >= 0.6 is 11.3 Å². The number of hydrogen-bond donors (Lipinski definition) is 2. The van der Waals surface area contributed by atoms with Crippen molar-refractivity contribution in [3.8, 4) is 11.5 Å². The minimum Gasteiger partial charge on any atom is -0.504 e. The van der Waals surface area contributed by atoms with Gasteiger partial charge in [0.15, 0.2) is 11.5 Å². The predicted octanol–water partition coefficient (Wildman–Crippen LogP) is 3.29. The second-order valence-corrected chi connectivity index (χ2v) is 6.30. The molecule has 1 aromatic heterocycles. The van der Waals surface area contributed by atoms with E-state index in [0.29, 0.717) is 21.6 Å². The normalized spacial score (nSPS) is 11.0. The van der Waals surface area contributed by atoms with Crippen LogP contribution in [0, 0.1) is 10.1 Å². The minimum absolute atomic E-state index is 0.0282. The maximum absolute atomic E-state index is 12.2. The second kappa shape index (κ2) is 7.19. The van der Waals surface area contributed by atoms with Crippen LogP contribution < -0.4 is 10.2 Å². The Labute approximate surface area is 151 Å². The summed E-state index contributed by atoms with van der Waals surface area (Å²) in [6.45, 7) is 0. The lowest BCUT2D eigenvalue weighted by Gasteiger charge is -2.03. The smallest absolute Gasteiger partial charge is 0.281 e. The number of methoxy groups -OCH3 is 1. The first-order valence-electron chi connectivity index (χ1n) is 7.36. The molecule has 1 heterocycles. The van der Waals surface area contributed by atoms with Gasteiger partial charge in [-0.05, 0) is 35.9 Å². The molecule has 2 N–H and O–H groups in total. The Kier molecular flexibility index (Phi) is 4.81. The Hall–Kier alpha value is -3.46. The van der Waals surface area contributed by atoms with Crippen molar-refractivity contribution in [2.75, 3.05) is 7.11 Å². The molecular weight excluding hydrogens is 358 g/mol. The van der Waals surface area contributed by atoms with Crippen molar-refractivity contribution in [3.05, 3.63) is 63.0 Å². The number of non-ortho nitro benzene ring substituents is 1. The van der Waals surface area contributed by atoms with E-state index in [1.165, 1.54) is 42.9 Å². The molecule has 8 nitrogen and oxygen atoms in total. The van der Waals surface area contributed by atoms with Crippen LogP contribution in [0.4, 0.5) is 5.69 Å². The summed E-state index contributed by atoms with van der Waals surface area (Å²) in [4.78, 5) is 22.9. The van der Waals surface area contributed by atoms with Gasteiger partial charge < -0.3 is 9.84 Å². The van der Waals surface area contributed by atoms with Gasteiger partial charge in [-0.3, -0.25) is 14.9 Å². The number of phenolic OH excluding ortho intramolecular Hbond substituents is 1. The molecule has 2 aromatic carbocycles. The zero-order valence-corrected chi connectivity index (χ0v) is 14.3. The van der Waals surface area contributed by atoms with Crippen LogP contribution in [-0.2, 0) is 0 Å². The van der Waals surface area contributed by atoms with Crippen molar-refractivity contribution in [3.63, 3.8) is 0 Å². The molecule has 0 fully saturated rings. The van der Waals surface area contributed by atoms with E-state index in [0.717, 1.165) is 4.70 Å². The SMILES string of the molecule is COc1ccc(C=NNC(=O)c2cc3cc([N+](=O)[O-])ccc3s2)cc1O. The average Bonchev–Trinajstić information content (AvgIpc) is 3.05. The summed E-state index contributed by atoms with van der Waals surface area (Å²) < 4.78 is 5.72. The van der Waals surface area contributed by atoms with Gasteiger partial charge in [-0.15, -0.1) is 11.3 Å². The Morgan fingerprint density at radius 2 is 2.12 bits per heavy atom. The zero-order valence-electron chi connectivity index (χ0n) is 13.5. The van der Waals surface area contributed by atoms with Crippen molar-refractivity contribution in [2.45, 2.75) is 0 Å². The molecular formula is C17H13N3O5S. The van der Waals surface area contributed by atoms with Crippen LogP contribution in [0.25, 0.3) is 10.1 Å². The number of nitrogens with zero attached hydrogens (tertiary/aromatic N) is 2. The third-order valence-electron chi connectivity index (χ3n) is 3.52. The highest BCUT2D eigenvalue weighted by atomic mass is 32.1. The first-order valence-corrected chi connectivity index (χ1v) is 8.18. The number of amides is 1. The number of aromatic hydroxyl groups is 1. The van der Waals surface area contributed by atoms with E-state index in [1.807, 2.05) is 0 Å². The van der Waals surface area contributed by atoms with Crippen LogP contribution in [-0.4, -0.2) is 29.3 Å². The highest BCUT2D eigenvalue weighted by Gasteiger charge is 2.13. The molecule has 3 rings (SSSR count). The van der Waals surface area contributed by atoms with Gasteiger partial charge in [0.2, 0.25) is 0 Å². The van der Waals surface area contributed by atoms with Gasteiger partial charge in [0.25, 0.3) is 11.6 Å². The zero-order chi connectivity index (χ0) is 18.7. The van der Waals surface area contributed by atoms with Crippen molar-refractivity contribution < 1.29 is 19.6 Å². The molecule has 9 heteroatoms. The lowest BCUT2D eigenvalue weighted by Crippen LogP contribution is -2.16. The number of nitro benzene ring substituents is 1. The van der Waals surface area contributed by atoms with Gasteiger partial charge in [-0.25, -0.2) is 5.43 Å². The van der Waals surface area contributed by atoms with Crippen LogP contribution in [0.5, 0.6) is 11.5 Å². The van der Waals surface area contributed by atoms with E-state index in [-0.39, 0.29) is 11.4 Å². The van der Waals surface area contributed by atoms with E-state index in [4.69, 9.17) is 4.74 Å². The van der Waals surface area contributed by atoms with Crippen LogP contribution in [0.2, 0.25) is 0 Å². The Morgan fingerprint density at radius 3 is 2.81 bits per heavy atom. The fourth-order valence-electron chi connectivity index (χ4n) is 2.26. The van der Waals surface area contributed by atoms with Gasteiger partial charge in [0, 0.05) is 22.2 Å². The maximum atomic E-state index is 12.2. The molecule has 132 valence electrons. The Balaban J connectivity index is 1.72. The molecule has 0 atom stereocenters. The molecule has 0 aliphatic heterocycles. The number of nitro groups is 1. The van der Waals surface area contributed by atoms with Crippen molar-refractivity contribution in [1.82, 2.24) is 5.43 Å². The van der Waals surface area contributed by atoms with E-state index >= 15 is 0 Å². The van der Waals surface area contributed by atoms with Gasteiger partial charge >= 0.3 is 0 Å². The number of benzene rings is 2. The van der Waals surface area contributed by atoms with Crippen LogP contribution in [0.1, 0.15) is 15.2 Å². The molecule has 3 aromatic rings. The molecule has 0 bridgehead atoms. The van der Waals surface area contributed by atoms with Crippen LogP contribution in [0.3, 0.4) is 0 Å². The predicted molar refractivity (Wildman–Crippen MR) is 98.2 cm³/mol. The molecule has 1 amide bonds. The summed E-state index contributed by atoms with van der Waals surface area (Å²) in [7, 11) is 1.45. The summed E-state index contributed by atoms with van der Waals surface area (Å²) in [6, 6.07) is 10.7. The molecule has 0 radical (unpaired) electrons. The average molecular weight is 371 g/mol. The molecule has 0 saturated carbocycles. The maximum Gasteiger partial charge on any atom is 0.281 e. The number of thiophene rings is 1. The molecule has 0 aliphatic carbocycles. The lowest BCUT2D eigenvalue weighted by atomic mass is 10.2. The summed E-state index contributed by atoms with van der Waals surface area (Å²) in [6.07, 6.45) is 1.38. The number of carbonyl (C=O) groups is 1. The molecule has 26 heavy (non-hydrogen) atoms. The molecule has 0 spiro atoms. The van der Waals surface area contributed by atoms with E-state index in [2.05, 4.69) is 10.5 Å². The highest BCUT2D eigenvalue weighted by molar-refractivity contribution is 7.20. The summed E-state index contributed by atoms with van der Waals surface area (Å²) in [5.41, 5.74) is 2.94. The van der Waals surface area contributed by atoms with Crippen molar-refractivity contribution >= 4 is 39.2 Å². The molecule has 0 unspecified atom stereocenters. The molecule has 0 saturated heterocycles. The number of rotatable bonds is 5. The van der Waals surface area contributed by atoms with E-state index < -0.39 is 10.8 Å². The van der Waals surface area contributed by atoms with Gasteiger partial charge in [0.1, 0.15) is 0 Å². The Morgan fingerprint density at radius 1 is 1.31 bits per heavy atom. The van der Waals surface area contributed by atoms with Crippen molar-refractivity contribution in [2.24, 2.45) is 5.10 Å². The van der Waals surface area contributed by atoms with Crippen molar-refractivity contribution in [1.29, 1.82) is 0 Å². The topological polar surface area (TPSA) is 114 Å². The Bertz CT molecular complexity index is 1030. The third-order valence-corrected chi connectivity index (χ3v) is 4.63. The fraction of sp³-hybridized carbons (Fsp3) is 0.0588. The van der Waals surface area contributed by atoms with Gasteiger partial charge in [-0.2, -0.15) is 5.10 Å². The number of hydrazone groups is 1. The first-order chi connectivity index (χ1) is 12.5. The quantitative estimate of drug-likeness (QED) is 0.406. The highest BCUT2D eigenvalue weighted by Crippen LogP contribution is 2.29. The number of hydrogen-bond acceptors (Lipinski definition) is 7. The molecule has 0 aliphatic rings. The lowest BCUT2D eigenvalue weighted by molar-refractivity contribution is -0.384. The third kappa shape index (κ3) is 3.62. The summed E-state index contributed by atoms with van der Waals surface area (Å²) in [5.74, 6) is -0.123. The van der Waals surface area contributed by atoms with E-state index in [1.54, 1.807) is 24.3 Å². The summed E-state index contributed by atoms with van der Waals surface area (Å²) >= 11 is 1.21. The largest absolute Gasteiger partial charge is 0.504 e. The number of carbonyl (C=O) groups excluding carboxylic acids is 1. The number of nitrogens with one attached hydrogen (secondary N) is 1. The number of fused-ring (bicyclic) bond motifs is 1.